The molecule has 2 aliphatic rings. The largest absolute Gasteiger partial charge is 0.326 e. The van der Waals surface area contributed by atoms with Crippen molar-refractivity contribution in [2.24, 2.45) is 23.5 Å². The Kier molecular flexibility index (Phi) is 3.84. The number of hydrogen-bond donors (Lipinski definition) is 2. The molecule has 2 fully saturated rings. The molecule has 2 saturated carbocycles. The van der Waals surface area contributed by atoms with Crippen LogP contribution in [0.15, 0.2) is 29.2 Å². The molecular formula is C15H22N2O2S. The molecule has 4 nitrogen and oxygen atoms in total. The van der Waals surface area contributed by atoms with E-state index in [0.29, 0.717) is 22.9 Å². The van der Waals surface area contributed by atoms with E-state index in [-0.39, 0.29) is 6.54 Å². The summed E-state index contributed by atoms with van der Waals surface area (Å²) < 4.78 is 27.7. The van der Waals surface area contributed by atoms with E-state index in [1.807, 2.05) is 6.07 Å². The van der Waals surface area contributed by atoms with E-state index in [1.165, 1.54) is 25.7 Å². The lowest BCUT2D eigenvalue weighted by Gasteiger charge is -2.17. The van der Waals surface area contributed by atoms with Crippen LogP contribution in [0.25, 0.3) is 0 Å². The summed E-state index contributed by atoms with van der Waals surface area (Å²) in [5.41, 5.74) is 6.30. The third-order valence-electron chi connectivity index (χ3n) is 4.45. The summed E-state index contributed by atoms with van der Waals surface area (Å²) in [6.07, 6.45) is 5.06. The highest BCUT2D eigenvalue weighted by Crippen LogP contribution is 2.48. The van der Waals surface area contributed by atoms with Crippen molar-refractivity contribution in [1.82, 2.24) is 4.72 Å². The second-order valence-electron chi connectivity index (χ2n) is 6.00. The van der Waals surface area contributed by atoms with Gasteiger partial charge in [0.15, 0.2) is 0 Å². The van der Waals surface area contributed by atoms with Crippen LogP contribution in [0.1, 0.15) is 31.2 Å². The van der Waals surface area contributed by atoms with Gasteiger partial charge < -0.3 is 5.73 Å². The van der Waals surface area contributed by atoms with Gasteiger partial charge in [-0.2, -0.15) is 0 Å². The molecule has 1 aromatic carbocycles. The Morgan fingerprint density at radius 2 is 1.75 bits per heavy atom. The number of benzene rings is 1. The van der Waals surface area contributed by atoms with Crippen LogP contribution in [-0.2, 0) is 16.6 Å². The minimum absolute atomic E-state index is 0.242. The first-order valence-corrected chi connectivity index (χ1v) is 8.88. The third-order valence-corrected chi connectivity index (χ3v) is 5.97. The molecule has 110 valence electrons. The Morgan fingerprint density at radius 1 is 1.15 bits per heavy atom. The van der Waals surface area contributed by atoms with E-state index in [1.54, 1.807) is 18.2 Å². The summed E-state index contributed by atoms with van der Waals surface area (Å²) in [6, 6.07) is 6.97. The van der Waals surface area contributed by atoms with Crippen LogP contribution in [0, 0.1) is 17.8 Å². The maximum absolute atomic E-state index is 12.4. The van der Waals surface area contributed by atoms with Gasteiger partial charge in [-0.25, -0.2) is 13.1 Å². The van der Waals surface area contributed by atoms with E-state index in [9.17, 15) is 8.42 Å². The van der Waals surface area contributed by atoms with Crippen molar-refractivity contribution >= 4 is 10.0 Å². The Hall–Kier alpha value is -0.910. The van der Waals surface area contributed by atoms with Crippen LogP contribution in [0.2, 0.25) is 0 Å². The molecule has 0 saturated heterocycles. The van der Waals surface area contributed by atoms with Crippen molar-refractivity contribution in [3.8, 4) is 0 Å². The van der Waals surface area contributed by atoms with Crippen LogP contribution in [-0.4, -0.2) is 15.0 Å². The quantitative estimate of drug-likeness (QED) is 0.806. The van der Waals surface area contributed by atoms with Crippen molar-refractivity contribution in [2.75, 3.05) is 6.54 Å². The highest BCUT2D eigenvalue weighted by atomic mass is 32.2. The van der Waals surface area contributed by atoms with E-state index >= 15 is 0 Å². The Bertz CT molecular complexity index is 565. The van der Waals surface area contributed by atoms with Gasteiger partial charge in [-0.15, -0.1) is 0 Å². The van der Waals surface area contributed by atoms with Crippen LogP contribution in [0.3, 0.4) is 0 Å². The molecule has 2 aliphatic carbocycles. The third kappa shape index (κ3) is 3.05. The van der Waals surface area contributed by atoms with Gasteiger partial charge in [0.2, 0.25) is 10.0 Å². The first-order chi connectivity index (χ1) is 9.62. The fourth-order valence-electron chi connectivity index (χ4n) is 2.99. The molecule has 0 heterocycles. The number of nitrogens with one attached hydrogen (secondary N) is 1. The van der Waals surface area contributed by atoms with Crippen molar-refractivity contribution < 1.29 is 8.42 Å². The van der Waals surface area contributed by atoms with Crippen molar-refractivity contribution in [3.63, 3.8) is 0 Å². The predicted molar refractivity (Wildman–Crippen MR) is 78.5 cm³/mol. The van der Waals surface area contributed by atoms with E-state index in [4.69, 9.17) is 5.73 Å². The monoisotopic (exact) mass is 294 g/mol. The zero-order chi connectivity index (χ0) is 14.2. The topological polar surface area (TPSA) is 72.2 Å². The molecule has 0 bridgehead atoms. The lowest BCUT2D eigenvalue weighted by molar-refractivity contribution is 0.401. The van der Waals surface area contributed by atoms with Crippen LogP contribution < -0.4 is 10.5 Å². The number of sulfonamides is 1. The van der Waals surface area contributed by atoms with Gasteiger partial charge in [0.05, 0.1) is 4.90 Å². The van der Waals surface area contributed by atoms with Crippen molar-refractivity contribution in [1.29, 1.82) is 0 Å². The molecule has 0 spiro atoms. The molecule has 0 radical (unpaired) electrons. The maximum atomic E-state index is 12.4. The van der Waals surface area contributed by atoms with Gasteiger partial charge >= 0.3 is 0 Å². The lowest BCUT2D eigenvalue weighted by Crippen LogP contribution is -2.32. The highest BCUT2D eigenvalue weighted by Gasteiger charge is 2.41. The van der Waals surface area contributed by atoms with Gasteiger partial charge in [0, 0.05) is 13.1 Å². The van der Waals surface area contributed by atoms with Crippen molar-refractivity contribution in [2.45, 2.75) is 37.1 Å². The van der Waals surface area contributed by atoms with Gasteiger partial charge in [-0.1, -0.05) is 18.2 Å². The van der Waals surface area contributed by atoms with Crippen LogP contribution in [0.5, 0.6) is 0 Å². The molecule has 5 heteroatoms. The molecule has 0 aromatic heterocycles. The van der Waals surface area contributed by atoms with E-state index < -0.39 is 10.0 Å². The first-order valence-electron chi connectivity index (χ1n) is 7.39. The molecule has 1 aromatic rings. The van der Waals surface area contributed by atoms with Gasteiger partial charge in [-0.3, -0.25) is 0 Å². The molecule has 0 unspecified atom stereocenters. The highest BCUT2D eigenvalue weighted by molar-refractivity contribution is 7.89. The molecule has 3 rings (SSSR count). The Morgan fingerprint density at radius 3 is 2.30 bits per heavy atom. The van der Waals surface area contributed by atoms with Crippen molar-refractivity contribution in [3.05, 3.63) is 29.8 Å². The minimum atomic E-state index is -3.44. The summed E-state index contributed by atoms with van der Waals surface area (Å²) >= 11 is 0. The molecule has 3 N–H and O–H groups in total. The fraction of sp³-hybridized carbons (Fsp3) is 0.600. The average molecular weight is 294 g/mol. The molecule has 0 amide bonds. The smallest absolute Gasteiger partial charge is 0.240 e. The Balaban J connectivity index is 1.71. The first kappa shape index (κ1) is 14.0. The summed E-state index contributed by atoms with van der Waals surface area (Å²) in [7, 11) is -3.44. The lowest BCUT2D eigenvalue weighted by atomic mass is 9.99. The van der Waals surface area contributed by atoms with E-state index in [0.717, 1.165) is 11.8 Å². The predicted octanol–water partition coefficient (Wildman–Crippen LogP) is 1.86. The summed E-state index contributed by atoms with van der Waals surface area (Å²) in [5, 5.41) is 0. The summed E-state index contributed by atoms with van der Waals surface area (Å²) in [6.45, 7) is 0.822. The van der Waals surface area contributed by atoms with Crippen LogP contribution in [0.4, 0.5) is 0 Å². The number of rotatable bonds is 7. The molecule has 0 aliphatic heterocycles. The fourth-order valence-corrected chi connectivity index (χ4v) is 4.31. The molecule has 0 atom stereocenters. The second-order valence-corrected chi connectivity index (χ2v) is 7.74. The zero-order valence-corrected chi connectivity index (χ0v) is 12.4. The van der Waals surface area contributed by atoms with E-state index in [2.05, 4.69) is 4.72 Å². The minimum Gasteiger partial charge on any atom is -0.326 e. The normalized spacial score (nSPS) is 19.5. The average Bonchev–Trinajstić information content (AvgIpc) is 3.32. The second kappa shape index (κ2) is 5.47. The number of nitrogens with two attached hydrogens (primary N) is 1. The summed E-state index contributed by atoms with van der Waals surface area (Å²) in [4.78, 5) is 0.327. The standard InChI is InChI=1S/C15H22N2O2S/c16-9-13-3-1-2-4-15(13)20(18,19)17-10-14(11-5-6-11)12-7-8-12/h1-4,11-12,14,17H,5-10,16H2. The maximum Gasteiger partial charge on any atom is 0.240 e. The van der Waals surface area contributed by atoms with Gasteiger partial charge in [0.25, 0.3) is 0 Å². The number of hydrogen-bond acceptors (Lipinski definition) is 3. The zero-order valence-electron chi connectivity index (χ0n) is 11.6. The SMILES string of the molecule is NCc1ccccc1S(=O)(=O)NCC(C1CC1)C1CC1. The summed E-state index contributed by atoms with van der Waals surface area (Å²) in [5.74, 6) is 2.03. The Labute approximate surface area is 120 Å². The van der Waals surface area contributed by atoms with Gasteiger partial charge in [0.1, 0.15) is 0 Å². The van der Waals surface area contributed by atoms with Crippen LogP contribution >= 0.6 is 0 Å². The van der Waals surface area contributed by atoms with Gasteiger partial charge in [-0.05, 0) is 55.1 Å². The molecular weight excluding hydrogens is 272 g/mol. The molecule has 20 heavy (non-hydrogen) atoms.